The van der Waals surface area contributed by atoms with Crippen LogP contribution < -0.4 is 10.1 Å². The zero-order chi connectivity index (χ0) is 17.1. The highest BCUT2D eigenvalue weighted by molar-refractivity contribution is 5.66. The summed E-state index contributed by atoms with van der Waals surface area (Å²) in [5.74, 6) is -0.126. The lowest BCUT2D eigenvalue weighted by Gasteiger charge is -2.25. The summed E-state index contributed by atoms with van der Waals surface area (Å²) >= 11 is 0. The minimum Gasteiger partial charge on any atom is -0.474 e. The third kappa shape index (κ3) is 3.82. The summed E-state index contributed by atoms with van der Waals surface area (Å²) in [6, 6.07) is 8.47. The van der Waals surface area contributed by atoms with Crippen LogP contribution in [0.1, 0.15) is 30.7 Å². The summed E-state index contributed by atoms with van der Waals surface area (Å²) < 4.78 is 23.8. The maximum atomic E-state index is 13.1. The Morgan fingerprint density at radius 2 is 2.17 bits per heavy atom. The van der Waals surface area contributed by atoms with Crippen LogP contribution in [0.4, 0.5) is 10.1 Å². The van der Waals surface area contributed by atoms with E-state index in [-0.39, 0.29) is 24.4 Å². The largest absolute Gasteiger partial charge is 0.474 e. The first kappa shape index (κ1) is 16.2. The van der Waals surface area contributed by atoms with Gasteiger partial charge in [-0.1, -0.05) is 12.1 Å². The van der Waals surface area contributed by atoms with Gasteiger partial charge in [0.1, 0.15) is 19.0 Å². The Morgan fingerprint density at radius 3 is 2.88 bits per heavy atom. The van der Waals surface area contributed by atoms with Crippen LogP contribution in [-0.4, -0.2) is 23.6 Å². The molecule has 0 radical (unpaired) electrons. The van der Waals surface area contributed by atoms with E-state index in [2.05, 4.69) is 10.3 Å². The second-order valence-corrected chi connectivity index (χ2v) is 5.89. The molecular weight excluding hydrogens is 311 g/mol. The van der Waals surface area contributed by atoms with Crippen LogP contribution in [0.3, 0.4) is 0 Å². The lowest BCUT2D eigenvalue weighted by Crippen LogP contribution is -2.29. The first-order valence-corrected chi connectivity index (χ1v) is 7.81. The van der Waals surface area contributed by atoms with Crippen LogP contribution in [0.5, 0.6) is 5.88 Å². The first-order chi connectivity index (χ1) is 11.5. The topological polar surface area (TPSA) is 60.5 Å². The highest BCUT2D eigenvalue weighted by Gasteiger charge is 2.20. The quantitative estimate of drug-likeness (QED) is 0.873. The number of esters is 1. The summed E-state index contributed by atoms with van der Waals surface area (Å²) in [7, 11) is 0. The Bertz CT molecular complexity index is 747. The van der Waals surface area contributed by atoms with Crippen molar-refractivity contribution in [2.75, 3.05) is 11.9 Å². The molecule has 1 aliphatic rings. The van der Waals surface area contributed by atoms with Gasteiger partial charge in [-0.15, -0.1) is 0 Å². The number of nitrogens with zero attached hydrogens (tertiary/aromatic N) is 1. The average molecular weight is 330 g/mol. The molecule has 0 saturated heterocycles. The van der Waals surface area contributed by atoms with Crippen molar-refractivity contribution in [3.05, 3.63) is 53.0 Å². The molecule has 24 heavy (non-hydrogen) atoms. The lowest BCUT2D eigenvalue weighted by atomic mass is 10.0. The fourth-order valence-corrected chi connectivity index (χ4v) is 2.57. The molecule has 1 aromatic carbocycles. The van der Waals surface area contributed by atoms with E-state index in [1.165, 1.54) is 19.1 Å². The van der Waals surface area contributed by atoms with E-state index < -0.39 is 0 Å². The van der Waals surface area contributed by atoms with Crippen molar-refractivity contribution in [1.29, 1.82) is 0 Å². The third-order valence-corrected chi connectivity index (χ3v) is 3.75. The number of carbonyl (C=O) groups is 1. The van der Waals surface area contributed by atoms with E-state index in [0.717, 1.165) is 16.8 Å². The molecule has 1 aromatic heterocycles. The number of hydrogen-bond acceptors (Lipinski definition) is 5. The van der Waals surface area contributed by atoms with E-state index in [0.29, 0.717) is 24.6 Å². The Labute approximate surface area is 139 Å². The molecular formula is C18H19FN2O3. The van der Waals surface area contributed by atoms with E-state index in [1.807, 2.05) is 13.0 Å². The maximum Gasteiger partial charge on any atom is 0.303 e. The Balaban J connectivity index is 1.92. The van der Waals surface area contributed by atoms with Crippen molar-refractivity contribution in [1.82, 2.24) is 4.98 Å². The number of pyridine rings is 1. The van der Waals surface area contributed by atoms with Gasteiger partial charge in [0.15, 0.2) is 0 Å². The summed E-state index contributed by atoms with van der Waals surface area (Å²) in [6.45, 7) is 4.00. The molecule has 0 spiro atoms. The Kier molecular flexibility index (Phi) is 4.64. The number of halogens is 1. The zero-order valence-electron chi connectivity index (χ0n) is 13.6. The van der Waals surface area contributed by atoms with Crippen LogP contribution in [0.15, 0.2) is 30.3 Å². The number of nitrogens with one attached hydrogen (secondary N) is 1. The van der Waals surface area contributed by atoms with Crippen molar-refractivity contribution >= 4 is 11.7 Å². The van der Waals surface area contributed by atoms with Gasteiger partial charge in [-0.25, -0.2) is 9.37 Å². The third-order valence-electron chi connectivity index (χ3n) is 3.75. The summed E-state index contributed by atoms with van der Waals surface area (Å²) in [6.07, 6.45) is 0.563. The summed E-state index contributed by atoms with van der Waals surface area (Å²) in [5.41, 5.74) is 3.32. The standard InChI is InChI=1S/C18H19FN2O3/c1-11-9-24-18-16(20-11)8-14(17(21-18)10-23-12(2)22)7-13-3-5-15(19)6-4-13/h3-6,8,11,20H,7,9-10H2,1-2H3/t11-/m0/s1. The number of carbonyl (C=O) groups excluding carboxylic acids is 1. The van der Waals surface area contributed by atoms with E-state index in [1.54, 1.807) is 12.1 Å². The predicted octanol–water partition coefficient (Wildman–Crippen LogP) is 3.07. The molecule has 5 nitrogen and oxygen atoms in total. The fourth-order valence-electron chi connectivity index (χ4n) is 2.57. The zero-order valence-corrected chi connectivity index (χ0v) is 13.6. The van der Waals surface area contributed by atoms with Crippen molar-refractivity contribution in [2.45, 2.75) is 32.9 Å². The number of aromatic nitrogens is 1. The molecule has 0 unspecified atom stereocenters. The van der Waals surface area contributed by atoms with Crippen LogP contribution in [0.25, 0.3) is 0 Å². The van der Waals surface area contributed by atoms with Gasteiger partial charge < -0.3 is 14.8 Å². The molecule has 0 saturated carbocycles. The molecule has 3 rings (SSSR count). The van der Waals surface area contributed by atoms with Gasteiger partial charge >= 0.3 is 5.97 Å². The minimum atomic E-state index is -0.366. The predicted molar refractivity (Wildman–Crippen MR) is 87.5 cm³/mol. The maximum absolute atomic E-state index is 13.1. The fraction of sp³-hybridized carbons (Fsp3) is 0.333. The van der Waals surface area contributed by atoms with Crippen LogP contribution in [-0.2, 0) is 22.6 Å². The van der Waals surface area contributed by atoms with E-state index in [9.17, 15) is 9.18 Å². The van der Waals surface area contributed by atoms with Gasteiger partial charge in [0.25, 0.3) is 0 Å². The van der Waals surface area contributed by atoms with E-state index in [4.69, 9.17) is 9.47 Å². The van der Waals surface area contributed by atoms with Crippen molar-refractivity contribution in [3.63, 3.8) is 0 Å². The molecule has 0 bridgehead atoms. The van der Waals surface area contributed by atoms with Gasteiger partial charge in [0.05, 0.1) is 17.4 Å². The van der Waals surface area contributed by atoms with Gasteiger partial charge in [-0.3, -0.25) is 4.79 Å². The van der Waals surface area contributed by atoms with Gasteiger partial charge in [-0.05, 0) is 42.7 Å². The monoisotopic (exact) mass is 330 g/mol. The molecule has 2 aromatic rings. The van der Waals surface area contributed by atoms with Crippen LogP contribution >= 0.6 is 0 Å². The smallest absolute Gasteiger partial charge is 0.303 e. The minimum absolute atomic E-state index is 0.0814. The second kappa shape index (κ2) is 6.86. The SMILES string of the molecule is CC(=O)OCc1nc2c(cc1Cc1ccc(F)cc1)N[C@@H](C)CO2. The number of rotatable bonds is 4. The summed E-state index contributed by atoms with van der Waals surface area (Å²) in [4.78, 5) is 15.6. The highest BCUT2D eigenvalue weighted by Crippen LogP contribution is 2.30. The van der Waals surface area contributed by atoms with Crippen LogP contribution in [0, 0.1) is 5.82 Å². The number of benzene rings is 1. The molecule has 0 aliphatic carbocycles. The van der Waals surface area contributed by atoms with Crippen molar-refractivity contribution in [3.8, 4) is 5.88 Å². The number of hydrogen-bond donors (Lipinski definition) is 1. The van der Waals surface area contributed by atoms with E-state index >= 15 is 0 Å². The molecule has 2 heterocycles. The van der Waals surface area contributed by atoms with Crippen molar-refractivity contribution in [2.24, 2.45) is 0 Å². The molecule has 1 N–H and O–H groups in total. The van der Waals surface area contributed by atoms with Gasteiger partial charge in [0.2, 0.25) is 5.88 Å². The second-order valence-electron chi connectivity index (χ2n) is 5.89. The molecule has 126 valence electrons. The Morgan fingerprint density at radius 1 is 1.42 bits per heavy atom. The average Bonchev–Trinajstić information content (AvgIpc) is 2.55. The van der Waals surface area contributed by atoms with Crippen molar-refractivity contribution < 1.29 is 18.7 Å². The molecule has 1 atom stereocenters. The van der Waals surface area contributed by atoms with Gasteiger partial charge in [-0.2, -0.15) is 0 Å². The first-order valence-electron chi connectivity index (χ1n) is 7.81. The molecule has 0 fully saturated rings. The van der Waals surface area contributed by atoms with Gasteiger partial charge in [0, 0.05) is 6.92 Å². The normalized spacial score (nSPS) is 15.9. The van der Waals surface area contributed by atoms with Crippen LogP contribution in [0.2, 0.25) is 0 Å². The molecule has 1 aliphatic heterocycles. The number of ether oxygens (including phenoxy) is 2. The molecule has 6 heteroatoms. The lowest BCUT2D eigenvalue weighted by molar-refractivity contribution is -0.142. The summed E-state index contributed by atoms with van der Waals surface area (Å²) in [5, 5.41) is 3.33. The highest BCUT2D eigenvalue weighted by atomic mass is 19.1. The number of anilines is 1. The number of fused-ring (bicyclic) bond motifs is 1. The Hall–Kier alpha value is -2.63. The molecule has 0 amide bonds.